The van der Waals surface area contributed by atoms with Crippen molar-refractivity contribution in [3.8, 4) is 5.75 Å². The molecule has 0 aliphatic heterocycles. The second-order valence-corrected chi connectivity index (χ2v) is 8.94. The van der Waals surface area contributed by atoms with Gasteiger partial charge in [-0.1, -0.05) is 30.3 Å². The lowest BCUT2D eigenvalue weighted by Crippen LogP contribution is -2.52. The molecule has 6 heteroatoms. The number of methoxy groups -OCH3 is 1. The van der Waals surface area contributed by atoms with Gasteiger partial charge in [-0.25, -0.2) is 0 Å². The second-order valence-electron chi connectivity index (χ2n) is 7.89. The fourth-order valence-electron chi connectivity index (χ4n) is 2.77. The van der Waals surface area contributed by atoms with Gasteiger partial charge in [0, 0.05) is 17.0 Å². The number of thioether (sulfide) groups is 1. The Bertz CT molecular complexity index is 818. The predicted molar refractivity (Wildman–Crippen MR) is 118 cm³/mol. The summed E-state index contributed by atoms with van der Waals surface area (Å²) in [6, 6.07) is 16.7. The minimum Gasteiger partial charge on any atom is -0.497 e. The average molecular weight is 415 g/mol. The summed E-state index contributed by atoms with van der Waals surface area (Å²) in [6.45, 7) is 7.89. The molecule has 0 heterocycles. The molecule has 1 unspecified atom stereocenters. The Labute approximate surface area is 177 Å². The maximum Gasteiger partial charge on any atom is 0.242 e. The lowest BCUT2D eigenvalue weighted by atomic mass is 10.1. The van der Waals surface area contributed by atoms with Gasteiger partial charge in [0.05, 0.1) is 12.9 Å². The summed E-state index contributed by atoms with van der Waals surface area (Å²) < 4.78 is 5.29. The molecule has 0 saturated heterocycles. The maximum absolute atomic E-state index is 13.1. The number of benzene rings is 2. The normalized spacial score (nSPS) is 12.2. The summed E-state index contributed by atoms with van der Waals surface area (Å²) in [7, 11) is 1.61. The van der Waals surface area contributed by atoms with Crippen molar-refractivity contribution >= 4 is 23.6 Å². The molecule has 2 rings (SSSR count). The molecule has 156 valence electrons. The van der Waals surface area contributed by atoms with Gasteiger partial charge < -0.3 is 15.0 Å². The summed E-state index contributed by atoms with van der Waals surface area (Å²) in [6.07, 6.45) is 0. The molecule has 1 atom stereocenters. The van der Waals surface area contributed by atoms with Gasteiger partial charge in [-0.3, -0.25) is 9.59 Å². The summed E-state index contributed by atoms with van der Waals surface area (Å²) >= 11 is 1.47. The number of nitrogens with one attached hydrogen (secondary N) is 1. The van der Waals surface area contributed by atoms with Gasteiger partial charge in [0.25, 0.3) is 0 Å². The van der Waals surface area contributed by atoms with Crippen molar-refractivity contribution in [3.05, 3.63) is 60.2 Å². The molecule has 0 saturated carbocycles. The fourth-order valence-corrected chi connectivity index (χ4v) is 3.57. The first kappa shape index (κ1) is 22.8. The van der Waals surface area contributed by atoms with E-state index < -0.39 is 6.04 Å². The Balaban J connectivity index is 2.18. The molecule has 1 N–H and O–H groups in total. The number of carbonyl (C=O) groups is 2. The van der Waals surface area contributed by atoms with Crippen LogP contribution < -0.4 is 10.1 Å². The fraction of sp³-hybridized carbons (Fsp3) is 0.391. The van der Waals surface area contributed by atoms with Gasteiger partial charge >= 0.3 is 0 Å². The zero-order valence-corrected chi connectivity index (χ0v) is 18.6. The van der Waals surface area contributed by atoms with Crippen LogP contribution in [-0.4, -0.2) is 41.2 Å². The topological polar surface area (TPSA) is 58.6 Å². The van der Waals surface area contributed by atoms with Crippen molar-refractivity contribution in [2.24, 2.45) is 0 Å². The third-order valence-electron chi connectivity index (χ3n) is 4.26. The Morgan fingerprint density at radius 1 is 1.10 bits per heavy atom. The molecular formula is C23H30N2O3S. The Hall–Kier alpha value is -2.47. The molecule has 0 radical (unpaired) electrons. The molecule has 0 spiro atoms. The number of carbonyl (C=O) groups excluding carboxylic acids is 2. The van der Waals surface area contributed by atoms with Gasteiger partial charge in [0.1, 0.15) is 11.8 Å². The van der Waals surface area contributed by atoms with E-state index in [1.807, 2.05) is 75.4 Å². The summed E-state index contributed by atoms with van der Waals surface area (Å²) in [5, 5.41) is 2.97. The number of nitrogens with zero attached hydrogens (tertiary/aromatic N) is 1. The molecule has 0 bridgehead atoms. The van der Waals surface area contributed by atoms with E-state index in [1.165, 1.54) is 11.8 Å². The minimum absolute atomic E-state index is 0.0850. The predicted octanol–water partition coefficient (Wildman–Crippen LogP) is 4.12. The van der Waals surface area contributed by atoms with E-state index >= 15 is 0 Å². The van der Waals surface area contributed by atoms with Crippen LogP contribution in [0.25, 0.3) is 0 Å². The number of amides is 2. The van der Waals surface area contributed by atoms with Crippen LogP contribution >= 0.6 is 11.8 Å². The SMILES string of the molecule is COc1cccc(CN(C(=O)CSc2ccccc2)C(C)C(=O)NC(C)(C)C)c1. The van der Waals surface area contributed by atoms with Crippen LogP contribution in [0.5, 0.6) is 5.75 Å². The van der Waals surface area contributed by atoms with Gasteiger partial charge in [0.2, 0.25) is 11.8 Å². The third kappa shape index (κ3) is 7.46. The van der Waals surface area contributed by atoms with Crippen molar-refractivity contribution < 1.29 is 14.3 Å². The van der Waals surface area contributed by atoms with Crippen LogP contribution in [0.3, 0.4) is 0 Å². The number of ether oxygens (including phenoxy) is 1. The molecule has 0 aliphatic rings. The van der Waals surface area contributed by atoms with Crippen molar-refractivity contribution in [1.29, 1.82) is 0 Å². The van der Waals surface area contributed by atoms with E-state index in [9.17, 15) is 9.59 Å². The summed E-state index contributed by atoms with van der Waals surface area (Å²) in [5.41, 5.74) is 0.548. The molecule has 0 aliphatic carbocycles. The maximum atomic E-state index is 13.1. The first-order valence-electron chi connectivity index (χ1n) is 9.62. The highest BCUT2D eigenvalue weighted by Gasteiger charge is 2.28. The van der Waals surface area contributed by atoms with Crippen LogP contribution in [0.1, 0.15) is 33.3 Å². The molecule has 5 nitrogen and oxygen atoms in total. The first-order valence-corrected chi connectivity index (χ1v) is 10.6. The molecule has 0 fully saturated rings. The van der Waals surface area contributed by atoms with Crippen LogP contribution in [0.2, 0.25) is 0 Å². The minimum atomic E-state index is -0.593. The average Bonchev–Trinajstić information content (AvgIpc) is 2.69. The number of hydrogen-bond acceptors (Lipinski definition) is 4. The van der Waals surface area contributed by atoms with Crippen molar-refractivity contribution in [2.45, 2.75) is 50.7 Å². The van der Waals surface area contributed by atoms with E-state index in [4.69, 9.17) is 4.74 Å². The zero-order chi connectivity index (χ0) is 21.4. The van der Waals surface area contributed by atoms with E-state index in [1.54, 1.807) is 18.9 Å². The smallest absolute Gasteiger partial charge is 0.242 e. The molecule has 2 aromatic rings. The molecule has 2 aromatic carbocycles. The van der Waals surface area contributed by atoms with Crippen LogP contribution in [0, 0.1) is 0 Å². The molecule has 29 heavy (non-hydrogen) atoms. The lowest BCUT2D eigenvalue weighted by molar-refractivity contribution is -0.139. The van der Waals surface area contributed by atoms with E-state index in [-0.39, 0.29) is 23.1 Å². The quantitative estimate of drug-likeness (QED) is 0.660. The van der Waals surface area contributed by atoms with Crippen molar-refractivity contribution in [1.82, 2.24) is 10.2 Å². The summed E-state index contributed by atoms with van der Waals surface area (Å²) in [4.78, 5) is 28.5. The van der Waals surface area contributed by atoms with Gasteiger partial charge in [-0.05, 0) is 57.5 Å². The van der Waals surface area contributed by atoms with Gasteiger partial charge in [-0.15, -0.1) is 11.8 Å². The zero-order valence-electron chi connectivity index (χ0n) is 17.8. The largest absolute Gasteiger partial charge is 0.497 e. The third-order valence-corrected chi connectivity index (χ3v) is 5.25. The van der Waals surface area contributed by atoms with Crippen LogP contribution in [0.4, 0.5) is 0 Å². The van der Waals surface area contributed by atoms with Gasteiger partial charge in [0.15, 0.2) is 0 Å². The van der Waals surface area contributed by atoms with E-state index in [0.29, 0.717) is 6.54 Å². The van der Waals surface area contributed by atoms with Crippen LogP contribution in [-0.2, 0) is 16.1 Å². The van der Waals surface area contributed by atoms with E-state index in [2.05, 4.69) is 5.32 Å². The highest BCUT2D eigenvalue weighted by atomic mass is 32.2. The Morgan fingerprint density at radius 2 is 1.79 bits per heavy atom. The molecular weight excluding hydrogens is 384 g/mol. The van der Waals surface area contributed by atoms with Crippen molar-refractivity contribution in [2.75, 3.05) is 12.9 Å². The number of rotatable bonds is 8. The molecule has 0 aromatic heterocycles. The lowest BCUT2D eigenvalue weighted by Gasteiger charge is -2.31. The standard InChI is InChI=1S/C23H30N2O3S/c1-17(22(27)24-23(2,3)4)25(15-18-10-9-11-19(14-18)28-5)21(26)16-29-20-12-7-6-8-13-20/h6-14,17H,15-16H2,1-5H3,(H,24,27). The van der Waals surface area contributed by atoms with E-state index in [0.717, 1.165) is 16.2 Å². The number of hydrogen-bond donors (Lipinski definition) is 1. The summed E-state index contributed by atoms with van der Waals surface area (Å²) in [5.74, 6) is 0.734. The Morgan fingerprint density at radius 3 is 2.41 bits per heavy atom. The Kier molecular flexibility index (Phi) is 8.14. The monoisotopic (exact) mass is 414 g/mol. The van der Waals surface area contributed by atoms with Crippen LogP contribution in [0.15, 0.2) is 59.5 Å². The first-order chi connectivity index (χ1) is 13.7. The molecule has 2 amide bonds. The second kappa shape index (κ2) is 10.3. The van der Waals surface area contributed by atoms with Gasteiger partial charge in [-0.2, -0.15) is 0 Å². The van der Waals surface area contributed by atoms with Crippen molar-refractivity contribution in [3.63, 3.8) is 0 Å². The highest BCUT2D eigenvalue weighted by Crippen LogP contribution is 2.21. The highest BCUT2D eigenvalue weighted by molar-refractivity contribution is 8.00.